The predicted molar refractivity (Wildman–Crippen MR) is 87.7 cm³/mol. The van der Waals surface area contributed by atoms with Gasteiger partial charge in [-0.1, -0.05) is 30.7 Å². The maximum absolute atomic E-state index is 14.1. The molecule has 0 radical (unpaired) electrons. The lowest BCUT2D eigenvalue weighted by molar-refractivity contribution is -0.105. The minimum Gasteiger partial charge on any atom is -0.382 e. The van der Waals surface area contributed by atoms with E-state index in [9.17, 15) is 17.6 Å². The Kier molecular flexibility index (Phi) is 6.26. The monoisotopic (exact) mass is 367 g/mol. The Morgan fingerprint density at radius 3 is 2.74 bits per heavy atom. The van der Waals surface area contributed by atoms with Crippen molar-refractivity contribution in [2.24, 2.45) is 11.8 Å². The number of rotatable bonds is 5. The molecule has 2 aliphatic carbocycles. The SMILES string of the molecule is CC1CC(F)=C(NCC2C=CC(Cl)=CC2)C=C1SCC(F)(F)F. The Bertz CT molecular complexity index is 563. The molecule has 128 valence electrons. The third kappa shape index (κ3) is 5.92. The van der Waals surface area contributed by atoms with Gasteiger partial charge in [0.05, 0.1) is 11.4 Å². The van der Waals surface area contributed by atoms with Gasteiger partial charge < -0.3 is 5.32 Å². The van der Waals surface area contributed by atoms with Crippen LogP contribution in [0.4, 0.5) is 17.6 Å². The molecule has 1 nitrogen and oxygen atoms in total. The highest BCUT2D eigenvalue weighted by molar-refractivity contribution is 8.03. The van der Waals surface area contributed by atoms with Crippen molar-refractivity contribution in [2.75, 3.05) is 12.3 Å². The van der Waals surface area contributed by atoms with Crippen molar-refractivity contribution in [3.8, 4) is 0 Å². The Hall–Kier alpha value is -0.880. The predicted octanol–water partition coefficient (Wildman–Crippen LogP) is 5.68. The van der Waals surface area contributed by atoms with Crippen LogP contribution in [0.15, 0.2) is 45.8 Å². The number of hydrogen-bond acceptors (Lipinski definition) is 2. The van der Waals surface area contributed by atoms with E-state index in [4.69, 9.17) is 11.6 Å². The standard InChI is InChI=1S/C16H18ClF4NS/c1-10-6-13(18)14(7-15(10)23-9-16(19,20)21)22-8-11-2-4-12(17)5-3-11/h2,4-5,7,10-11,22H,3,6,8-9H2,1H3. The highest BCUT2D eigenvalue weighted by atomic mass is 35.5. The number of halogens is 5. The van der Waals surface area contributed by atoms with Gasteiger partial charge in [-0.15, -0.1) is 11.8 Å². The minimum atomic E-state index is -4.23. The number of alkyl halides is 3. The third-order valence-electron chi connectivity index (χ3n) is 3.65. The van der Waals surface area contributed by atoms with E-state index >= 15 is 0 Å². The van der Waals surface area contributed by atoms with Gasteiger partial charge >= 0.3 is 6.18 Å². The molecule has 0 aromatic rings. The van der Waals surface area contributed by atoms with Crippen LogP contribution in [-0.4, -0.2) is 18.5 Å². The molecule has 0 saturated carbocycles. The summed E-state index contributed by atoms with van der Waals surface area (Å²) in [5.41, 5.74) is 0.293. The van der Waals surface area contributed by atoms with Crippen LogP contribution in [-0.2, 0) is 0 Å². The molecule has 0 saturated heterocycles. The molecule has 2 atom stereocenters. The second-order valence-electron chi connectivity index (χ2n) is 5.70. The molecular formula is C16H18ClF4NS. The quantitative estimate of drug-likeness (QED) is 0.628. The molecule has 2 unspecified atom stereocenters. The van der Waals surface area contributed by atoms with E-state index in [-0.39, 0.29) is 24.1 Å². The Morgan fingerprint density at radius 1 is 1.39 bits per heavy atom. The van der Waals surface area contributed by atoms with Crippen LogP contribution >= 0.6 is 23.4 Å². The lowest BCUT2D eigenvalue weighted by Gasteiger charge is -2.24. The molecule has 0 aromatic heterocycles. The molecule has 0 bridgehead atoms. The first kappa shape index (κ1) is 18.5. The Balaban J connectivity index is 1.95. The van der Waals surface area contributed by atoms with Crippen LogP contribution in [0.5, 0.6) is 0 Å². The lowest BCUT2D eigenvalue weighted by atomic mass is 9.98. The average Bonchev–Trinajstić information content (AvgIpc) is 2.46. The van der Waals surface area contributed by atoms with Crippen molar-refractivity contribution in [1.82, 2.24) is 5.32 Å². The first-order valence-electron chi connectivity index (χ1n) is 7.32. The van der Waals surface area contributed by atoms with E-state index in [1.807, 2.05) is 12.2 Å². The molecule has 0 aliphatic heterocycles. The summed E-state index contributed by atoms with van der Waals surface area (Å²) in [7, 11) is 0. The number of hydrogen-bond donors (Lipinski definition) is 1. The number of thioether (sulfide) groups is 1. The summed E-state index contributed by atoms with van der Waals surface area (Å²) in [4.78, 5) is 0.563. The summed E-state index contributed by atoms with van der Waals surface area (Å²) in [5.74, 6) is -1.30. The maximum Gasteiger partial charge on any atom is 0.398 e. The molecule has 7 heteroatoms. The van der Waals surface area contributed by atoms with Gasteiger partial charge in [0.1, 0.15) is 5.83 Å². The van der Waals surface area contributed by atoms with E-state index in [0.717, 1.165) is 18.2 Å². The van der Waals surface area contributed by atoms with Gasteiger partial charge in [-0.05, 0) is 35.3 Å². The number of allylic oxidation sites excluding steroid dienone is 6. The zero-order valence-electron chi connectivity index (χ0n) is 12.6. The van der Waals surface area contributed by atoms with Crippen LogP contribution in [0, 0.1) is 11.8 Å². The number of nitrogens with one attached hydrogen (secondary N) is 1. The van der Waals surface area contributed by atoms with Crippen LogP contribution in [0.3, 0.4) is 0 Å². The fourth-order valence-electron chi connectivity index (χ4n) is 2.37. The van der Waals surface area contributed by atoms with Crippen LogP contribution in [0.25, 0.3) is 0 Å². The van der Waals surface area contributed by atoms with Gasteiger partial charge in [0.25, 0.3) is 0 Å². The zero-order chi connectivity index (χ0) is 17.0. The van der Waals surface area contributed by atoms with Crippen molar-refractivity contribution in [3.05, 3.63) is 45.8 Å². The van der Waals surface area contributed by atoms with Crippen LogP contribution in [0.2, 0.25) is 0 Å². The zero-order valence-corrected chi connectivity index (χ0v) is 14.2. The second-order valence-corrected chi connectivity index (χ2v) is 7.18. The first-order chi connectivity index (χ1) is 10.7. The molecule has 0 fully saturated rings. The fraction of sp³-hybridized carbons (Fsp3) is 0.500. The van der Waals surface area contributed by atoms with Crippen LogP contribution in [0.1, 0.15) is 19.8 Å². The van der Waals surface area contributed by atoms with Crippen molar-refractivity contribution < 1.29 is 17.6 Å². The van der Waals surface area contributed by atoms with Gasteiger partial charge in [0, 0.05) is 18.0 Å². The van der Waals surface area contributed by atoms with Crippen LogP contribution < -0.4 is 5.32 Å². The summed E-state index contributed by atoms with van der Waals surface area (Å²) in [6.07, 6.45) is 3.81. The summed E-state index contributed by atoms with van der Waals surface area (Å²) in [6, 6.07) is 0. The van der Waals surface area contributed by atoms with Gasteiger partial charge in [-0.3, -0.25) is 0 Å². The largest absolute Gasteiger partial charge is 0.398 e. The maximum atomic E-state index is 14.1. The molecule has 0 amide bonds. The Morgan fingerprint density at radius 2 is 2.13 bits per heavy atom. The van der Waals surface area contributed by atoms with Gasteiger partial charge in [0.2, 0.25) is 0 Å². The molecule has 2 rings (SSSR count). The molecular weight excluding hydrogens is 350 g/mol. The molecule has 2 aliphatic rings. The fourth-order valence-corrected chi connectivity index (χ4v) is 3.43. The first-order valence-corrected chi connectivity index (χ1v) is 8.68. The molecule has 0 spiro atoms. The van der Waals surface area contributed by atoms with E-state index < -0.39 is 11.9 Å². The van der Waals surface area contributed by atoms with E-state index in [2.05, 4.69) is 5.32 Å². The van der Waals surface area contributed by atoms with E-state index in [1.54, 1.807) is 13.0 Å². The second kappa shape index (κ2) is 7.79. The topological polar surface area (TPSA) is 12.0 Å². The average molecular weight is 368 g/mol. The normalized spacial score (nSPS) is 25.3. The van der Waals surface area contributed by atoms with Gasteiger partial charge in [-0.25, -0.2) is 4.39 Å². The highest BCUT2D eigenvalue weighted by Gasteiger charge is 2.30. The van der Waals surface area contributed by atoms with Crippen molar-refractivity contribution in [2.45, 2.75) is 25.9 Å². The van der Waals surface area contributed by atoms with Crippen molar-refractivity contribution in [1.29, 1.82) is 0 Å². The molecule has 0 heterocycles. The highest BCUT2D eigenvalue weighted by Crippen LogP contribution is 2.38. The van der Waals surface area contributed by atoms with Crippen molar-refractivity contribution in [3.63, 3.8) is 0 Å². The summed E-state index contributed by atoms with van der Waals surface area (Å²) in [6.45, 7) is 2.25. The smallest absolute Gasteiger partial charge is 0.382 e. The van der Waals surface area contributed by atoms with E-state index in [0.29, 0.717) is 22.2 Å². The molecule has 0 aromatic carbocycles. The third-order valence-corrected chi connectivity index (χ3v) is 5.26. The molecule has 1 N–H and O–H groups in total. The lowest BCUT2D eigenvalue weighted by Crippen LogP contribution is -2.24. The summed E-state index contributed by atoms with van der Waals surface area (Å²) < 4.78 is 51.1. The Labute approximate surface area is 142 Å². The molecule has 23 heavy (non-hydrogen) atoms. The van der Waals surface area contributed by atoms with Gasteiger partial charge in [-0.2, -0.15) is 13.2 Å². The minimum absolute atomic E-state index is 0.130. The summed E-state index contributed by atoms with van der Waals surface area (Å²) >= 11 is 6.58. The van der Waals surface area contributed by atoms with Crippen molar-refractivity contribution >= 4 is 23.4 Å². The summed E-state index contributed by atoms with van der Waals surface area (Å²) in [5, 5.41) is 3.70. The van der Waals surface area contributed by atoms with Gasteiger partial charge in [0.15, 0.2) is 0 Å². The van der Waals surface area contributed by atoms with E-state index in [1.165, 1.54) is 6.08 Å².